The van der Waals surface area contributed by atoms with Crippen molar-refractivity contribution in [1.82, 2.24) is 24.9 Å². The van der Waals surface area contributed by atoms with Gasteiger partial charge in [-0.25, -0.2) is 4.98 Å². The van der Waals surface area contributed by atoms with Gasteiger partial charge in [-0.3, -0.25) is 9.48 Å². The number of aromatic nitrogens is 4. The summed E-state index contributed by atoms with van der Waals surface area (Å²) >= 11 is 1.69. The smallest absolute Gasteiger partial charge is 0.225 e. The molecule has 1 fully saturated rings. The topological polar surface area (TPSA) is 63.9 Å². The molecule has 0 saturated carbocycles. The van der Waals surface area contributed by atoms with E-state index < -0.39 is 0 Å². The number of likely N-dealkylation sites (tertiary alicyclic amines) is 1. The predicted molar refractivity (Wildman–Crippen MR) is 93.8 cm³/mol. The number of aryl methyl sites for hydroxylation is 1. The average molecular weight is 347 g/mol. The van der Waals surface area contributed by atoms with Crippen molar-refractivity contribution in [3.63, 3.8) is 0 Å². The molecule has 2 aromatic heterocycles. The number of nitrogens with zero attached hydrogens (tertiary/aromatic N) is 5. The molecule has 6 nitrogen and oxygen atoms in total. The van der Waals surface area contributed by atoms with Crippen molar-refractivity contribution in [2.24, 2.45) is 0 Å². The number of piperidine rings is 1. The van der Waals surface area contributed by atoms with Crippen LogP contribution in [0.2, 0.25) is 0 Å². The summed E-state index contributed by atoms with van der Waals surface area (Å²) in [5.74, 6) is 0.183. The zero-order chi connectivity index (χ0) is 17.2. The normalized spacial score (nSPS) is 18.8. The summed E-state index contributed by atoms with van der Waals surface area (Å²) in [6.07, 6.45) is 7.11. The second-order valence-electron chi connectivity index (χ2n) is 7.34. The summed E-state index contributed by atoms with van der Waals surface area (Å²) < 4.78 is 1.71. The van der Waals surface area contributed by atoms with Crippen molar-refractivity contribution in [3.05, 3.63) is 28.5 Å². The fourth-order valence-corrected chi connectivity index (χ4v) is 4.17. The summed E-state index contributed by atoms with van der Waals surface area (Å²) in [6.45, 7) is 7.92. The van der Waals surface area contributed by atoms with Gasteiger partial charge in [0.15, 0.2) is 0 Å². The van der Waals surface area contributed by atoms with Crippen LogP contribution in [0, 0.1) is 0 Å². The van der Waals surface area contributed by atoms with E-state index in [4.69, 9.17) is 4.98 Å². The maximum atomic E-state index is 12.7. The lowest BCUT2D eigenvalue weighted by Gasteiger charge is -2.34. The Morgan fingerprint density at radius 2 is 2.21 bits per heavy atom. The maximum absolute atomic E-state index is 12.7. The van der Waals surface area contributed by atoms with E-state index in [-0.39, 0.29) is 17.4 Å². The van der Waals surface area contributed by atoms with E-state index in [1.54, 1.807) is 28.4 Å². The minimum absolute atomic E-state index is 0.0470. The fraction of sp³-hybridized carbons (Fsp3) is 0.647. The molecule has 2 aromatic rings. The highest BCUT2D eigenvalue weighted by Gasteiger charge is 2.30. The van der Waals surface area contributed by atoms with Crippen LogP contribution < -0.4 is 0 Å². The minimum atomic E-state index is 0.0470. The third-order valence-corrected chi connectivity index (χ3v) is 5.37. The molecule has 1 saturated heterocycles. The van der Waals surface area contributed by atoms with Crippen LogP contribution in [-0.4, -0.2) is 37.3 Å². The van der Waals surface area contributed by atoms with Crippen molar-refractivity contribution in [3.8, 4) is 0 Å². The van der Waals surface area contributed by atoms with Gasteiger partial charge in [0.25, 0.3) is 0 Å². The summed E-state index contributed by atoms with van der Waals surface area (Å²) in [5.41, 5.74) is 1.16. The molecule has 0 spiro atoms. The first-order valence-corrected chi connectivity index (χ1v) is 9.42. The van der Waals surface area contributed by atoms with Crippen molar-refractivity contribution >= 4 is 17.2 Å². The maximum Gasteiger partial charge on any atom is 0.225 e. The first-order chi connectivity index (χ1) is 11.4. The van der Waals surface area contributed by atoms with Gasteiger partial charge in [-0.15, -0.1) is 16.4 Å². The van der Waals surface area contributed by atoms with Crippen LogP contribution in [0.5, 0.6) is 0 Å². The third-order valence-electron chi connectivity index (χ3n) is 4.43. The standard InChI is InChI=1S/C17H25N5OS/c1-17(2,3)14-12-24-16(19-14)13-6-4-5-9-22(13)15(23)7-10-21-11-8-18-20-21/h8,11-13H,4-7,9-10H2,1-3H3/t13-/m0/s1. The van der Waals surface area contributed by atoms with Gasteiger partial charge in [0.05, 0.1) is 24.5 Å². The van der Waals surface area contributed by atoms with Crippen molar-refractivity contribution in [2.45, 2.75) is 64.5 Å². The fourth-order valence-electron chi connectivity index (χ4n) is 2.98. The molecule has 0 radical (unpaired) electrons. The van der Waals surface area contributed by atoms with Crippen molar-refractivity contribution in [1.29, 1.82) is 0 Å². The van der Waals surface area contributed by atoms with Crippen LogP contribution >= 0.6 is 11.3 Å². The first-order valence-electron chi connectivity index (χ1n) is 8.54. The lowest BCUT2D eigenvalue weighted by molar-refractivity contribution is -0.135. The van der Waals surface area contributed by atoms with Gasteiger partial charge in [0, 0.05) is 30.0 Å². The van der Waals surface area contributed by atoms with E-state index in [0.29, 0.717) is 13.0 Å². The van der Waals surface area contributed by atoms with E-state index in [1.165, 1.54) is 0 Å². The van der Waals surface area contributed by atoms with E-state index >= 15 is 0 Å². The summed E-state index contributed by atoms with van der Waals surface area (Å²) in [4.78, 5) is 19.6. The minimum Gasteiger partial charge on any atom is -0.333 e. The van der Waals surface area contributed by atoms with E-state index in [0.717, 1.165) is 36.5 Å². The number of hydrogen-bond donors (Lipinski definition) is 0. The molecule has 130 valence electrons. The Morgan fingerprint density at radius 3 is 2.88 bits per heavy atom. The van der Waals surface area contributed by atoms with Crippen LogP contribution in [0.4, 0.5) is 0 Å². The Hall–Kier alpha value is -1.76. The van der Waals surface area contributed by atoms with Gasteiger partial charge in [0.2, 0.25) is 5.91 Å². The molecule has 0 bridgehead atoms. The lowest BCUT2D eigenvalue weighted by atomic mass is 9.93. The molecular formula is C17H25N5OS. The molecule has 0 N–H and O–H groups in total. The second kappa shape index (κ2) is 7.01. The molecule has 1 aliphatic heterocycles. The van der Waals surface area contributed by atoms with Crippen LogP contribution in [-0.2, 0) is 16.8 Å². The Labute approximate surface area is 146 Å². The van der Waals surface area contributed by atoms with Gasteiger partial charge < -0.3 is 4.90 Å². The van der Waals surface area contributed by atoms with Crippen molar-refractivity contribution in [2.75, 3.05) is 6.54 Å². The average Bonchev–Trinajstić information content (AvgIpc) is 3.23. The Balaban J connectivity index is 1.70. The number of carbonyl (C=O) groups excluding carboxylic acids is 1. The van der Waals surface area contributed by atoms with E-state index in [9.17, 15) is 4.79 Å². The third kappa shape index (κ3) is 3.83. The largest absolute Gasteiger partial charge is 0.333 e. The highest BCUT2D eigenvalue weighted by atomic mass is 32.1. The van der Waals surface area contributed by atoms with Crippen LogP contribution in [0.25, 0.3) is 0 Å². The zero-order valence-electron chi connectivity index (χ0n) is 14.6. The van der Waals surface area contributed by atoms with E-state index in [2.05, 4.69) is 36.5 Å². The lowest BCUT2D eigenvalue weighted by Crippen LogP contribution is -2.39. The quantitative estimate of drug-likeness (QED) is 0.852. The molecule has 1 amide bonds. The molecule has 0 aromatic carbocycles. The SMILES string of the molecule is CC(C)(C)c1csc([C@@H]2CCCCN2C(=O)CCn2ccnn2)n1. The number of rotatable bonds is 4. The van der Waals surface area contributed by atoms with Crippen LogP contribution in [0.1, 0.15) is 63.2 Å². The van der Waals surface area contributed by atoms with Gasteiger partial charge in [-0.05, 0) is 19.3 Å². The van der Waals surface area contributed by atoms with Crippen LogP contribution in [0.15, 0.2) is 17.8 Å². The second-order valence-corrected chi connectivity index (χ2v) is 8.23. The molecule has 3 rings (SSSR count). The van der Waals surface area contributed by atoms with Gasteiger partial charge in [-0.2, -0.15) is 0 Å². The molecule has 24 heavy (non-hydrogen) atoms. The number of carbonyl (C=O) groups is 1. The summed E-state index contributed by atoms with van der Waals surface area (Å²) in [7, 11) is 0. The molecule has 3 heterocycles. The molecule has 1 atom stereocenters. The highest BCUT2D eigenvalue weighted by molar-refractivity contribution is 7.09. The Morgan fingerprint density at radius 1 is 1.38 bits per heavy atom. The first kappa shape index (κ1) is 17.1. The zero-order valence-corrected chi connectivity index (χ0v) is 15.4. The Kier molecular flexibility index (Phi) is 4.99. The molecule has 0 aliphatic carbocycles. The highest BCUT2D eigenvalue weighted by Crippen LogP contribution is 2.35. The number of hydrogen-bond acceptors (Lipinski definition) is 5. The van der Waals surface area contributed by atoms with E-state index in [1.807, 2.05) is 4.90 Å². The number of thiazole rings is 1. The Bertz CT molecular complexity index is 673. The van der Waals surface area contributed by atoms with Gasteiger partial charge in [-0.1, -0.05) is 26.0 Å². The van der Waals surface area contributed by atoms with Crippen LogP contribution in [0.3, 0.4) is 0 Å². The monoisotopic (exact) mass is 347 g/mol. The summed E-state index contributed by atoms with van der Waals surface area (Å²) in [5, 5.41) is 10.9. The van der Waals surface area contributed by atoms with Gasteiger partial charge in [0.1, 0.15) is 5.01 Å². The molecule has 1 aliphatic rings. The molecule has 7 heteroatoms. The number of amides is 1. The van der Waals surface area contributed by atoms with Gasteiger partial charge >= 0.3 is 0 Å². The van der Waals surface area contributed by atoms with Crippen molar-refractivity contribution < 1.29 is 4.79 Å². The predicted octanol–water partition coefficient (Wildman–Crippen LogP) is 3.18. The summed E-state index contributed by atoms with van der Waals surface area (Å²) in [6, 6.07) is 0.128. The molecular weight excluding hydrogens is 322 g/mol. The molecule has 0 unspecified atom stereocenters.